The number of pyridine rings is 1. The highest BCUT2D eigenvalue weighted by atomic mass is 31.0. The molecule has 11 heteroatoms. The van der Waals surface area contributed by atoms with Crippen LogP contribution in [0.3, 0.4) is 0 Å². The fraction of sp³-hybridized carbons (Fsp3) is 0.370. The molecule has 3 rings (SSSR count). The number of esters is 1. The molecular formula is C27H32F3N2O5P. The number of aromatic nitrogens is 1. The highest BCUT2D eigenvalue weighted by Gasteiger charge is 2.37. The predicted octanol–water partition coefficient (Wildman–Crippen LogP) is 4.64. The number of para-hydroxylation sites is 1. The molecule has 0 fully saturated rings. The number of ether oxygens (including phenoxy) is 2. The number of nitrogens with one attached hydrogen (secondary N) is 1. The molecule has 0 bridgehead atoms. The van der Waals surface area contributed by atoms with E-state index in [1.807, 2.05) is 13.0 Å². The number of rotatable bonds is 4. The van der Waals surface area contributed by atoms with E-state index in [-0.39, 0.29) is 29.4 Å². The average Bonchev–Trinajstić information content (AvgIpc) is 2.82. The van der Waals surface area contributed by atoms with E-state index in [0.717, 1.165) is 10.9 Å². The summed E-state index contributed by atoms with van der Waals surface area (Å²) in [4.78, 5) is 34.2. The van der Waals surface area contributed by atoms with E-state index in [1.54, 1.807) is 45.0 Å². The third-order valence-electron chi connectivity index (χ3n) is 5.47. The van der Waals surface area contributed by atoms with Gasteiger partial charge in [0.15, 0.2) is 0 Å². The summed E-state index contributed by atoms with van der Waals surface area (Å²) in [5.41, 5.74) is -0.298. The minimum absolute atomic E-state index is 0.0464. The zero-order valence-corrected chi connectivity index (χ0v) is 23.3. The molecule has 0 saturated carbocycles. The smallest absolute Gasteiger partial charge is 0.417 e. The van der Waals surface area contributed by atoms with E-state index in [9.17, 15) is 27.6 Å². The van der Waals surface area contributed by atoms with Crippen molar-refractivity contribution in [3.63, 3.8) is 0 Å². The van der Waals surface area contributed by atoms with Gasteiger partial charge in [-0.15, -0.1) is 9.24 Å². The Balaban J connectivity index is 0.000000332. The molecule has 1 amide bonds. The van der Waals surface area contributed by atoms with Gasteiger partial charge in [0.2, 0.25) is 0 Å². The van der Waals surface area contributed by atoms with Crippen LogP contribution in [0, 0.1) is 6.92 Å². The Morgan fingerprint density at radius 3 is 2.26 bits per heavy atom. The number of benzene rings is 2. The van der Waals surface area contributed by atoms with Gasteiger partial charge in [-0.1, -0.05) is 36.4 Å². The van der Waals surface area contributed by atoms with E-state index in [0.29, 0.717) is 5.56 Å². The van der Waals surface area contributed by atoms with E-state index in [4.69, 9.17) is 4.74 Å². The number of alkyl carbamates (subject to hydrolysis) is 1. The van der Waals surface area contributed by atoms with Crippen molar-refractivity contribution < 1.29 is 32.2 Å². The van der Waals surface area contributed by atoms with Crippen molar-refractivity contribution in [1.29, 1.82) is 0 Å². The number of aryl methyl sites for hydroxylation is 2. The van der Waals surface area contributed by atoms with Crippen molar-refractivity contribution in [2.24, 2.45) is 7.05 Å². The number of carbonyl (C=O) groups is 2. The zero-order valence-electron chi connectivity index (χ0n) is 22.2. The van der Waals surface area contributed by atoms with Crippen LogP contribution in [0.2, 0.25) is 0 Å². The summed E-state index contributed by atoms with van der Waals surface area (Å²) in [6.45, 7) is 6.93. The van der Waals surface area contributed by atoms with Gasteiger partial charge in [0, 0.05) is 24.4 Å². The minimum Gasteiger partial charge on any atom is -0.468 e. The van der Waals surface area contributed by atoms with E-state index < -0.39 is 35.0 Å². The molecule has 0 spiro atoms. The van der Waals surface area contributed by atoms with Crippen LogP contribution in [-0.4, -0.2) is 35.9 Å². The molecule has 1 atom stereocenters. The Bertz CT molecular complexity index is 1380. The van der Waals surface area contributed by atoms with Gasteiger partial charge in [-0.3, -0.25) is 9.59 Å². The van der Waals surface area contributed by atoms with Gasteiger partial charge in [-0.2, -0.15) is 13.2 Å². The number of amides is 1. The van der Waals surface area contributed by atoms with E-state index >= 15 is 0 Å². The van der Waals surface area contributed by atoms with Gasteiger partial charge in [0.1, 0.15) is 12.1 Å². The summed E-state index contributed by atoms with van der Waals surface area (Å²) in [5.74, 6) is -0.508. The van der Waals surface area contributed by atoms with E-state index in [2.05, 4.69) is 19.3 Å². The molecule has 2 aromatic carbocycles. The first-order chi connectivity index (χ1) is 17.6. The Morgan fingerprint density at radius 2 is 1.68 bits per heavy atom. The van der Waals surface area contributed by atoms with Gasteiger partial charge in [0.05, 0.1) is 18.2 Å². The second-order valence-corrected chi connectivity index (χ2v) is 10.1. The normalized spacial score (nSPS) is 11.4. The Kier molecular flexibility index (Phi) is 10.1. The summed E-state index contributed by atoms with van der Waals surface area (Å²) in [6.07, 6.45) is -5.29. The average molecular weight is 553 g/mol. The molecule has 0 aliphatic carbocycles. The van der Waals surface area contributed by atoms with Gasteiger partial charge >= 0.3 is 18.2 Å². The molecule has 0 saturated heterocycles. The lowest BCUT2D eigenvalue weighted by Gasteiger charge is -2.19. The Hall–Kier alpha value is -3.39. The van der Waals surface area contributed by atoms with Gasteiger partial charge in [0.25, 0.3) is 5.56 Å². The highest BCUT2D eigenvalue weighted by molar-refractivity contribution is 7.27. The van der Waals surface area contributed by atoms with Crippen LogP contribution in [0.4, 0.5) is 18.0 Å². The minimum atomic E-state index is -4.60. The molecule has 0 radical (unpaired) electrons. The number of hydrogen-bond donors (Lipinski definition) is 1. The monoisotopic (exact) mass is 552 g/mol. The SMILES string of the molecule is COC(=O)CNC(=O)OC(C)(C)C.Cc1cccc(Cc2c(C(F)(F)F)c3ccccc3n(C)c2=O)c1P. The number of methoxy groups -OCH3 is 1. The maximum absolute atomic E-state index is 13.8. The highest BCUT2D eigenvalue weighted by Crippen LogP contribution is 2.36. The van der Waals surface area contributed by atoms with Crippen LogP contribution < -0.4 is 16.2 Å². The molecule has 1 unspecified atom stereocenters. The van der Waals surface area contributed by atoms with Crippen molar-refractivity contribution in [1.82, 2.24) is 9.88 Å². The second kappa shape index (κ2) is 12.4. The van der Waals surface area contributed by atoms with Crippen LogP contribution in [0.15, 0.2) is 47.3 Å². The predicted molar refractivity (Wildman–Crippen MR) is 144 cm³/mol. The summed E-state index contributed by atoms with van der Waals surface area (Å²) in [7, 11) is 5.31. The molecule has 1 heterocycles. The quantitative estimate of drug-likeness (QED) is 0.377. The molecule has 1 aromatic heterocycles. The van der Waals surface area contributed by atoms with Crippen molar-refractivity contribution in [3.8, 4) is 0 Å². The first kappa shape index (κ1) is 30.8. The molecule has 0 aliphatic heterocycles. The first-order valence-electron chi connectivity index (χ1n) is 11.6. The molecule has 0 aliphatic rings. The molecule has 38 heavy (non-hydrogen) atoms. The molecule has 3 aromatic rings. The number of carbonyl (C=O) groups excluding carboxylic acids is 2. The number of alkyl halides is 3. The summed E-state index contributed by atoms with van der Waals surface area (Å²) < 4.78 is 51.9. The summed E-state index contributed by atoms with van der Waals surface area (Å²) in [5, 5.41) is 3.13. The third-order valence-corrected chi connectivity index (χ3v) is 6.29. The lowest BCUT2D eigenvalue weighted by atomic mass is 9.96. The Morgan fingerprint density at radius 1 is 1.05 bits per heavy atom. The summed E-state index contributed by atoms with van der Waals surface area (Å²) in [6, 6.07) is 11.6. The zero-order chi connectivity index (χ0) is 28.8. The number of halogens is 3. The van der Waals surface area contributed by atoms with Crippen LogP contribution in [0.5, 0.6) is 0 Å². The van der Waals surface area contributed by atoms with Crippen LogP contribution in [0.25, 0.3) is 10.9 Å². The molecular weight excluding hydrogens is 520 g/mol. The van der Waals surface area contributed by atoms with Crippen LogP contribution >= 0.6 is 9.24 Å². The van der Waals surface area contributed by atoms with Crippen molar-refractivity contribution >= 4 is 37.5 Å². The van der Waals surface area contributed by atoms with Crippen molar-refractivity contribution in [2.75, 3.05) is 13.7 Å². The number of hydrogen-bond acceptors (Lipinski definition) is 5. The van der Waals surface area contributed by atoms with Gasteiger partial charge in [-0.25, -0.2) is 4.79 Å². The first-order valence-corrected chi connectivity index (χ1v) is 12.2. The largest absolute Gasteiger partial charge is 0.468 e. The lowest BCUT2D eigenvalue weighted by molar-refractivity contribution is -0.139. The van der Waals surface area contributed by atoms with Crippen molar-refractivity contribution in [3.05, 3.63) is 75.1 Å². The van der Waals surface area contributed by atoms with Crippen LogP contribution in [0.1, 0.15) is 43.0 Å². The van der Waals surface area contributed by atoms with Crippen molar-refractivity contribution in [2.45, 2.75) is 45.9 Å². The standard InChI is InChI=1S/C19H17F3NOP.C8H15NO4/c1-11-6-5-7-12(17(11)25)10-14-16(19(20,21)22)13-8-3-4-9-15(13)23(2)18(14)24;1-8(2,3)13-7(11)9-5-6(10)12-4/h3-9H,10,25H2,1-2H3;5H2,1-4H3,(H,9,11). The van der Waals surface area contributed by atoms with Crippen LogP contribution in [-0.2, 0) is 33.9 Å². The lowest BCUT2D eigenvalue weighted by Crippen LogP contribution is -2.35. The van der Waals surface area contributed by atoms with E-state index in [1.165, 1.54) is 30.9 Å². The number of nitrogens with zero attached hydrogens (tertiary/aromatic N) is 1. The maximum Gasteiger partial charge on any atom is 0.417 e. The molecule has 206 valence electrons. The topological polar surface area (TPSA) is 86.6 Å². The maximum atomic E-state index is 13.8. The Labute approximate surface area is 221 Å². The summed E-state index contributed by atoms with van der Waals surface area (Å²) >= 11 is 0. The fourth-order valence-corrected chi connectivity index (χ4v) is 3.96. The molecule has 7 nitrogen and oxygen atoms in total. The van der Waals surface area contributed by atoms with Gasteiger partial charge in [-0.05, 0) is 50.2 Å². The fourth-order valence-electron chi connectivity index (χ4n) is 3.66. The second-order valence-electron chi connectivity index (χ2n) is 9.49. The van der Waals surface area contributed by atoms with Gasteiger partial charge < -0.3 is 19.4 Å². The number of fused-ring (bicyclic) bond motifs is 1. The third kappa shape index (κ3) is 8.05. The molecule has 1 N–H and O–H groups in total.